The molecule has 1 saturated heterocycles. The summed E-state index contributed by atoms with van der Waals surface area (Å²) in [4.78, 5) is 6.63. The Morgan fingerprint density at radius 2 is 2.15 bits per heavy atom. The van der Waals surface area contributed by atoms with Crippen LogP contribution in [0.3, 0.4) is 0 Å². The topological polar surface area (TPSA) is 36.4 Å². The smallest absolute Gasteiger partial charge is 0.0606 e. The maximum Gasteiger partial charge on any atom is 0.0606 e. The first-order valence-electron chi connectivity index (χ1n) is 6.62. The van der Waals surface area contributed by atoms with E-state index in [4.69, 9.17) is 5.11 Å². The Labute approximate surface area is 133 Å². The third kappa shape index (κ3) is 5.68. The van der Waals surface area contributed by atoms with Gasteiger partial charge in [-0.1, -0.05) is 24.3 Å². The minimum atomic E-state index is 0. The summed E-state index contributed by atoms with van der Waals surface area (Å²) in [6, 6.07) is 4.60. The number of hydrogen-bond donors (Lipinski definition) is 1. The van der Waals surface area contributed by atoms with E-state index >= 15 is 0 Å². The highest BCUT2D eigenvalue weighted by molar-refractivity contribution is 5.85. The highest BCUT2D eigenvalue weighted by atomic mass is 35.5. The van der Waals surface area contributed by atoms with Crippen LogP contribution in [-0.2, 0) is 0 Å². The lowest BCUT2D eigenvalue weighted by molar-refractivity contribution is 0.169. The molecule has 0 unspecified atom stereocenters. The number of halogens is 2. The van der Waals surface area contributed by atoms with E-state index in [0.717, 1.165) is 13.1 Å². The quantitative estimate of drug-likeness (QED) is 0.871. The van der Waals surface area contributed by atoms with E-state index in [1.165, 1.54) is 24.8 Å². The minimum absolute atomic E-state index is 0. The van der Waals surface area contributed by atoms with Gasteiger partial charge >= 0.3 is 0 Å². The third-order valence-corrected chi connectivity index (χ3v) is 3.33. The molecule has 3 nitrogen and oxygen atoms in total. The number of aliphatic hydroxyl groups is 1. The monoisotopic (exact) mass is 316 g/mol. The van der Waals surface area contributed by atoms with Gasteiger partial charge in [-0.3, -0.25) is 9.88 Å². The maximum atomic E-state index is 8.71. The predicted octanol–water partition coefficient (Wildman–Crippen LogP) is 2.84. The standard InChI is InChI=1S/C15H20N2O.2ClH/c18-12-5-1-3-10-17-11-4-2-8-15(17)14-7-6-9-16-13-14;;/h6-7,9,13,15,18H,2,4-5,8,10-12H2;2*1H/t15-;;/m0../s1. The van der Waals surface area contributed by atoms with Gasteiger partial charge in [0.25, 0.3) is 0 Å². The van der Waals surface area contributed by atoms with Crippen LogP contribution < -0.4 is 0 Å². The summed E-state index contributed by atoms with van der Waals surface area (Å²) >= 11 is 0. The first kappa shape index (κ1) is 19.2. The van der Waals surface area contributed by atoms with Gasteiger partial charge in [0.05, 0.1) is 13.2 Å². The number of hydrogen-bond acceptors (Lipinski definition) is 3. The molecule has 112 valence electrons. The largest absolute Gasteiger partial charge is 0.395 e. The lowest BCUT2D eigenvalue weighted by Crippen LogP contribution is -2.33. The van der Waals surface area contributed by atoms with Crippen molar-refractivity contribution < 1.29 is 5.11 Å². The minimum Gasteiger partial charge on any atom is -0.395 e. The SMILES string of the molecule is Cl.Cl.OCCC#CCN1CCCC[C@H]1c1cccnc1. The van der Waals surface area contributed by atoms with E-state index < -0.39 is 0 Å². The molecule has 1 fully saturated rings. The van der Waals surface area contributed by atoms with E-state index in [9.17, 15) is 0 Å². The third-order valence-electron chi connectivity index (χ3n) is 3.33. The molecule has 0 aliphatic carbocycles. The van der Waals surface area contributed by atoms with Crippen LogP contribution in [0.1, 0.15) is 37.3 Å². The summed E-state index contributed by atoms with van der Waals surface area (Å²) in [7, 11) is 0. The van der Waals surface area contributed by atoms with Crippen molar-refractivity contribution in [3.63, 3.8) is 0 Å². The number of nitrogens with zero attached hydrogens (tertiary/aromatic N) is 2. The van der Waals surface area contributed by atoms with E-state index in [1.54, 1.807) is 0 Å². The second-order valence-electron chi connectivity index (χ2n) is 4.60. The van der Waals surface area contributed by atoms with Gasteiger partial charge in [0.2, 0.25) is 0 Å². The summed E-state index contributed by atoms with van der Waals surface area (Å²) in [5.74, 6) is 6.15. The molecule has 1 aromatic heterocycles. The average Bonchev–Trinajstić information content (AvgIpc) is 2.45. The fourth-order valence-corrected chi connectivity index (χ4v) is 2.43. The first-order valence-corrected chi connectivity index (χ1v) is 6.62. The van der Waals surface area contributed by atoms with Crippen molar-refractivity contribution in [2.24, 2.45) is 0 Å². The molecule has 1 aromatic rings. The van der Waals surface area contributed by atoms with Gasteiger partial charge in [0, 0.05) is 24.9 Å². The van der Waals surface area contributed by atoms with Crippen LogP contribution in [0.25, 0.3) is 0 Å². The molecule has 0 saturated carbocycles. The van der Waals surface area contributed by atoms with Crippen LogP contribution in [-0.4, -0.2) is 34.7 Å². The Kier molecular flexibility index (Phi) is 10.5. The number of aliphatic hydroxyl groups excluding tert-OH is 1. The molecule has 0 radical (unpaired) electrons. The molecule has 20 heavy (non-hydrogen) atoms. The van der Waals surface area contributed by atoms with Gasteiger partial charge < -0.3 is 5.11 Å². The molecule has 0 amide bonds. The van der Waals surface area contributed by atoms with E-state index in [2.05, 4.69) is 27.8 Å². The Balaban J connectivity index is 0.00000180. The molecule has 0 bridgehead atoms. The van der Waals surface area contributed by atoms with Crippen LogP contribution >= 0.6 is 24.8 Å². The summed E-state index contributed by atoms with van der Waals surface area (Å²) in [5.41, 5.74) is 1.29. The normalized spacial score (nSPS) is 18.1. The van der Waals surface area contributed by atoms with Crippen LogP contribution in [0.4, 0.5) is 0 Å². The van der Waals surface area contributed by atoms with Crippen LogP contribution in [0, 0.1) is 11.8 Å². The number of aromatic nitrogens is 1. The van der Waals surface area contributed by atoms with Crippen molar-refractivity contribution in [3.05, 3.63) is 30.1 Å². The second kappa shape index (κ2) is 10.9. The van der Waals surface area contributed by atoms with Crippen molar-refractivity contribution in [1.29, 1.82) is 0 Å². The van der Waals surface area contributed by atoms with Gasteiger partial charge in [-0.15, -0.1) is 24.8 Å². The van der Waals surface area contributed by atoms with Gasteiger partial charge in [-0.25, -0.2) is 0 Å². The Hall–Kier alpha value is -0.790. The maximum absolute atomic E-state index is 8.71. The van der Waals surface area contributed by atoms with Gasteiger partial charge in [-0.2, -0.15) is 0 Å². The zero-order chi connectivity index (χ0) is 12.6. The number of likely N-dealkylation sites (tertiary alicyclic amines) is 1. The number of piperidine rings is 1. The van der Waals surface area contributed by atoms with E-state index in [1.807, 2.05) is 18.5 Å². The molecule has 0 spiro atoms. The van der Waals surface area contributed by atoms with Crippen molar-refractivity contribution in [2.75, 3.05) is 19.7 Å². The molecule has 1 aliphatic heterocycles. The fraction of sp³-hybridized carbons (Fsp3) is 0.533. The highest BCUT2D eigenvalue weighted by Crippen LogP contribution is 2.29. The summed E-state index contributed by atoms with van der Waals surface area (Å²) in [6.07, 6.45) is 8.07. The van der Waals surface area contributed by atoms with Crippen molar-refractivity contribution >= 4 is 24.8 Å². The molecule has 2 rings (SSSR count). The number of rotatable bonds is 3. The number of pyridine rings is 1. The fourth-order valence-electron chi connectivity index (χ4n) is 2.43. The first-order chi connectivity index (χ1) is 8.92. The molecule has 2 heterocycles. The molecule has 1 aliphatic rings. The Bertz CT molecular complexity index is 417. The molecule has 1 N–H and O–H groups in total. The van der Waals surface area contributed by atoms with Crippen LogP contribution in [0.2, 0.25) is 0 Å². The summed E-state index contributed by atoms with van der Waals surface area (Å²) in [6.45, 7) is 2.05. The zero-order valence-corrected chi connectivity index (χ0v) is 13.1. The molecule has 1 atom stereocenters. The summed E-state index contributed by atoms with van der Waals surface area (Å²) < 4.78 is 0. The highest BCUT2D eigenvalue weighted by Gasteiger charge is 2.22. The lowest BCUT2D eigenvalue weighted by Gasteiger charge is -2.34. The summed E-state index contributed by atoms with van der Waals surface area (Å²) in [5, 5.41) is 8.71. The Morgan fingerprint density at radius 1 is 1.30 bits per heavy atom. The van der Waals surface area contributed by atoms with Gasteiger partial charge in [0.15, 0.2) is 0 Å². The van der Waals surface area contributed by atoms with Crippen molar-refractivity contribution in [1.82, 2.24) is 9.88 Å². The molecule has 5 heteroatoms. The molecular weight excluding hydrogens is 295 g/mol. The van der Waals surface area contributed by atoms with Crippen LogP contribution in [0.5, 0.6) is 0 Å². The average molecular weight is 317 g/mol. The van der Waals surface area contributed by atoms with Crippen molar-refractivity contribution in [3.8, 4) is 11.8 Å². The lowest BCUT2D eigenvalue weighted by atomic mass is 9.96. The van der Waals surface area contributed by atoms with Crippen molar-refractivity contribution in [2.45, 2.75) is 31.7 Å². The van der Waals surface area contributed by atoms with E-state index in [0.29, 0.717) is 12.5 Å². The predicted molar refractivity (Wildman–Crippen MR) is 86.4 cm³/mol. The molecule has 0 aromatic carbocycles. The van der Waals surface area contributed by atoms with E-state index in [-0.39, 0.29) is 31.4 Å². The second-order valence-corrected chi connectivity index (χ2v) is 4.60. The Morgan fingerprint density at radius 3 is 2.85 bits per heavy atom. The van der Waals surface area contributed by atoms with Gasteiger partial charge in [-0.05, 0) is 31.0 Å². The van der Waals surface area contributed by atoms with Gasteiger partial charge in [0.1, 0.15) is 0 Å². The van der Waals surface area contributed by atoms with Crippen LogP contribution in [0.15, 0.2) is 24.5 Å². The zero-order valence-electron chi connectivity index (χ0n) is 11.5. The molecular formula is C15H22Cl2N2O.